The Morgan fingerprint density at radius 1 is 1.18 bits per heavy atom. The van der Waals surface area contributed by atoms with Gasteiger partial charge in [0.25, 0.3) is 15.7 Å². The van der Waals surface area contributed by atoms with Crippen LogP contribution < -0.4 is 9.04 Å². The molecule has 150 valence electrons. The van der Waals surface area contributed by atoms with Crippen molar-refractivity contribution in [1.82, 2.24) is 0 Å². The molecular weight excluding hydrogens is 388 g/mol. The number of non-ortho nitro benzene ring substituents is 1. The molecule has 0 aromatic heterocycles. The van der Waals surface area contributed by atoms with Gasteiger partial charge in [0.05, 0.1) is 29.2 Å². The van der Waals surface area contributed by atoms with Crippen molar-refractivity contribution in [2.45, 2.75) is 18.7 Å². The lowest BCUT2D eigenvalue weighted by molar-refractivity contribution is -0.384. The highest BCUT2D eigenvalue weighted by Gasteiger charge is 2.30. The fourth-order valence-corrected chi connectivity index (χ4v) is 3.90. The monoisotopic (exact) mass is 408 g/mol. The molecule has 0 radical (unpaired) electrons. The Morgan fingerprint density at radius 2 is 1.82 bits per heavy atom. The number of carbonyl (C=O) groups is 1. The number of aryl methyl sites for hydroxylation is 1. The Hall–Kier alpha value is -3.14. The zero-order chi connectivity index (χ0) is 20.9. The topological polar surface area (TPSA) is 116 Å². The van der Waals surface area contributed by atoms with Gasteiger partial charge in [-0.25, -0.2) is 8.42 Å². The van der Waals surface area contributed by atoms with Crippen LogP contribution in [-0.4, -0.2) is 39.6 Å². The lowest BCUT2D eigenvalue weighted by Gasteiger charge is -2.25. The van der Waals surface area contributed by atoms with Crippen molar-refractivity contribution in [3.63, 3.8) is 0 Å². The van der Waals surface area contributed by atoms with Crippen LogP contribution in [0, 0.1) is 17.0 Å². The van der Waals surface area contributed by atoms with Crippen molar-refractivity contribution in [2.24, 2.45) is 0 Å². The number of esters is 1. The first-order valence-electron chi connectivity index (χ1n) is 8.28. The molecule has 0 fully saturated rings. The summed E-state index contributed by atoms with van der Waals surface area (Å²) in [5, 5.41) is 10.8. The summed E-state index contributed by atoms with van der Waals surface area (Å²) < 4.78 is 37.5. The number of methoxy groups -OCH3 is 1. The highest BCUT2D eigenvalue weighted by Crippen LogP contribution is 2.33. The standard InChI is InChI=1S/C18H20N2O7S/c1-4-27-18(21)12-19(16-11-13(2)5-10-17(16)26-3)28(24,25)15-8-6-14(7-9-15)20(22)23/h5-11H,4,12H2,1-3H3. The first-order chi connectivity index (χ1) is 13.2. The maximum Gasteiger partial charge on any atom is 0.326 e. The van der Waals surface area contributed by atoms with Crippen molar-refractivity contribution in [3.8, 4) is 5.75 Å². The summed E-state index contributed by atoms with van der Waals surface area (Å²) >= 11 is 0. The maximum absolute atomic E-state index is 13.2. The van der Waals surface area contributed by atoms with Crippen molar-refractivity contribution >= 4 is 27.4 Å². The molecule has 0 aliphatic heterocycles. The summed E-state index contributed by atoms with van der Waals surface area (Å²) in [5.41, 5.74) is 0.668. The van der Waals surface area contributed by atoms with Crippen LogP contribution in [0.3, 0.4) is 0 Å². The number of nitro groups is 1. The van der Waals surface area contributed by atoms with Gasteiger partial charge in [-0.1, -0.05) is 6.07 Å². The van der Waals surface area contributed by atoms with E-state index in [1.807, 2.05) is 0 Å². The zero-order valence-electron chi connectivity index (χ0n) is 15.6. The molecule has 0 heterocycles. The third kappa shape index (κ3) is 4.58. The second-order valence-corrected chi connectivity index (χ2v) is 7.61. The van der Waals surface area contributed by atoms with Crippen LogP contribution in [0.15, 0.2) is 47.4 Å². The molecule has 2 aromatic carbocycles. The Balaban J connectivity index is 2.59. The van der Waals surface area contributed by atoms with Crippen LogP contribution in [0.4, 0.5) is 11.4 Å². The van der Waals surface area contributed by atoms with Gasteiger partial charge in [-0.15, -0.1) is 0 Å². The average Bonchev–Trinajstić information content (AvgIpc) is 2.66. The van der Waals surface area contributed by atoms with E-state index in [2.05, 4.69) is 0 Å². The maximum atomic E-state index is 13.2. The van der Waals surface area contributed by atoms with Gasteiger partial charge in [0.15, 0.2) is 0 Å². The zero-order valence-corrected chi connectivity index (χ0v) is 16.4. The predicted octanol–water partition coefficient (Wildman–Crippen LogP) is 2.67. The van der Waals surface area contributed by atoms with Gasteiger partial charge in [0.2, 0.25) is 0 Å². The van der Waals surface area contributed by atoms with E-state index in [9.17, 15) is 23.3 Å². The van der Waals surface area contributed by atoms with Crippen molar-refractivity contribution in [3.05, 3.63) is 58.1 Å². The molecule has 0 saturated heterocycles. The van der Waals surface area contributed by atoms with Gasteiger partial charge in [0, 0.05) is 12.1 Å². The third-order valence-corrected chi connectivity index (χ3v) is 5.59. The molecule has 0 aliphatic rings. The number of sulfonamides is 1. The first-order valence-corrected chi connectivity index (χ1v) is 9.72. The summed E-state index contributed by atoms with van der Waals surface area (Å²) in [6.07, 6.45) is 0. The van der Waals surface area contributed by atoms with E-state index in [-0.39, 0.29) is 28.6 Å². The number of ether oxygens (including phenoxy) is 2. The number of benzene rings is 2. The van der Waals surface area contributed by atoms with Crippen LogP contribution in [-0.2, 0) is 19.6 Å². The van der Waals surface area contributed by atoms with Gasteiger partial charge in [0.1, 0.15) is 12.3 Å². The molecule has 0 atom stereocenters. The number of carbonyl (C=O) groups excluding carboxylic acids is 1. The number of hydrogen-bond acceptors (Lipinski definition) is 7. The molecule has 28 heavy (non-hydrogen) atoms. The third-order valence-electron chi connectivity index (χ3n) is 3.82. The van der Waals surface area contributed by atoms with E-state index in [0.717, 1.165) is 34.1 Å². The van der Waals surface area contributed by atoms with Gasteiger partial charge in [-0.05, 0) is 43.7 Å². The van der Waals surface area contributed by atoms with Gasteiger partial charge >= 0.3 is 5.97 Å². The van der Waals surface area contributed by atoms with E-state index < -0.39 is 27.5 Å². The summed E-state index contributed by atoms with van der Waals surface area (Å²) in [6, 6.07) is 9.31. The summed E-state index contributed by atoms with van der Waals surface area (Å²) in [4.78, 5) is 22.1. The van der Waals surface area contributed by atoms with Gasteiger partial charge < -0.3 is 9.47 Å². The smallest absolute Gasteiger partial charge is 0.326 e. The van der Waals surface area contributed by atoms with Crippen LogP contribution in [0.2, 0.25) is 0 Å². The normalized spacial score (nSPS) is 11.0. The van der Waals surface area contributed by atoms with Gasteiger partial charge in [-0.2, -0.15) is 0 Å². The van der Waals surface area contributed by atoms with E-state index in [1.165, 1.54) is 7.11 Å². The van der Waals surface area contributed by atoms with E-state index >= 15 is 0 Å². The SMILES string of the molecule is CCOC(=O)CN(c1cc(C)ccc1OC)S(=O)(=O)c1ccc([N+](=O)[O-])cc1. The molecule has 0 spiro atoms. The Morgan fingerprint density at radius 3 is 2.36 bits per heavy atom. The minimum Gasteiger partial charge on any atom is -0.495 e. The molecule has 0 amide bonds. The molecule has 2 rings (SSSR count). The van der Waals surface area contributed by atoms with Crippen LogP contribution in [0.1, 0.15) is 12.5 Å². The van der Waals surface area contributed by atoms with E-state index in [4.69, 9.17) is 9.47 Å². The number of nitrogens with zero attached hydrogens (tertiary/aromatic N) is 2. The quantitative estimate of drug-likeness (QED) is 0.374. The summed E-state index contributed by atoms with van der Waals surface area (Å²) in [7, 11) is -2.85. The average molecular weight is 408 g/mol. The lowest BCUT2D eigenvalue weighted by atomic mass is 10.2. The molecule has 2 aromatic rings. The molecule has 0 unspecified atom stereocenters. The van der Waals surface area contributed by atoms with E-state index in [0.29, 0.717) is 0 Å². The fraction of sp³-hybridized carbons (Fsp3) is 0.278. The molecule has 0 aliphatic carbocycles. The van der Waals surface area contributed by atoms with Gasteiger partial charge in [-0.3, -0.25) is 19.2 Å². The summed E-state index contributed by atoms with van der Waals surface area (Å²) in [6.45, 7) is 2.90. The number of nitro benzene ring substituents is 1. The van der Waals surface area contributed by atoms with E-state index in [1.54, 1.807) is 32.0 Å². The molecule has 9 nitrogen and oxygen atoms in total. The molecule has 0 bridgehead atoms. The fourth-order valence-electron chi connectivity index (χ4n) is 2.49. The molecule has 0 N–H and O–H groups in total. The highest BCUT2D eigenvalue weighted by atomic mass is 32.2. The second-order valence-electron chi connectivity index (χ2n) is 5.74. The largest absolute Gasteiger partial charge is 0.495 e. The molecule has 0 saturated carbocycles. The second kappa shape index (κ2) is 8.70. The van der Waals surface area contributed by atoms with Crippen LogP contribution >= 0.6 is 0 Å². The number of hydrogen-bond donors (Lipinski definition) is 0. The summed E-state index contributed by atoms with van der Waals surface area (Å²) in [5.74, 6) is -0.489. The molecule has 10 heteroatoms. The lowest BCUT2D eigenvalue weighted by Crippen LogP contribution is -2.37. The minimum absolute atomic E-state index is 0.0925. The Bertz CT molecular complexity index is 972. The van der Waals surface area contributed by atoms with Crippen molar-refractivity contribution < 1.29 is 27.6 Å². The first kappa shape index (κ1) is 21.2. The Kier molecular flexibility index (Phi) is 6.57. The minimum atomic E-state index is -4.23. The molecular formula is C18H20N2O7S. The highest BCUT2D eigenvalue weighted by molar-refractivity contribution is 7.92. The van der Waals surface area contributed by atoms with Crippen molar-refractivity contribution in [1.29, 1.82) is 0 Å². The predicted molar refractivity (Wildman–Crippen MR) is 102 cm³/mol. The number of rotatable bonds is 8. The van der Waals surface area contributed by atoms with Crippen molar-refractivity contribution in [2.75, 3.05) is 24.6 Å². The van der Waals surface area contributed by atoms with Crippen LogP contribution in [0.5, 0.6) is 5.75 Å². The number of anilines is 1. The Labute approximate surface area is 162 Å². The van der Waals surface area contributed by atoms with Crippen LogP contribution in [0.25, 0.3) is 0 Å².